The number of nitriles is 1. The Morgan fingerprint density at radius 2 is 1.91 bits per heavy atom. The van der Waals surface area contributed by atoms with E-state index in [0.717, 1.165) is 11.3 Å². The molecule has 0 bridgehead atoms. The van der Waals surface area contributed by atoms with Gasteiger partial charge in [-0.15, -0.1) is 0 Å². The number of para-hydroxylation sites is 1. The second kappa shape index (κ2) is 7.85. The Morgan fingerprint density at radius 3 is 2.57 bits per heavy atom. The summed E-state index contributed by atoms with van der Waals surface area (Å²) in [7, 11) is 1.61. The third-order valence-corrected chi connectivity index (χ3v) is 3.31. The second-order valence-electron chi connectivity index (χ2n) is 4.93. The highest BCUT2D eigenvalue weighted by Gasteiger charge is 2.15. The summed E-state index contributed by atoms with van der Waals surface area (Å²) in [5, 5.41) is 11.8. The van der Waals surface area contributed by atoms with Crippen molar-refractivity contribution in [3.05, 3.63) is 59.7 Å². The molecule has 5 nitrogen and oxygen atoms in total. The molecular formula is C18H18N2O3. The third kappa shape index (κ3) is 4.48. The van der Waals surface area contributed by atoms with Crippen LogP contribution in [-0.2, 0) is 11.3 Å². The van der Waals surface area contributed by atoms with Crippen LogP contribution in [0.25, 0.3) is 0 Å². The molecule has 0 saturated carbocycles. The van der Waals surface area contributed by atoms with Gasteiger partial charge in [-0.1, -0.05) is 24.3 Å². The molecule has 5 heteroatoms. The van der Waals surface area contributed by atoms with Crippen molar-refractivity contribution in [1.82, 2.24) is 5.32 Å². The first-order chi connectivity index (χ1) is 11.1. The summed E-state index contributed by atoms with van der Waals surface area (Å²) in [5.41, 5.74) is 1.37. The number of carbonyl (C=O) groups excluding carboxylic acids is 1. The highest BCUT2D eigenvalue weighted by Crippen LogP contribution is 2.18. The number of hydrogen-bond donors (Lipinski definition) is 1. The van der Waals surface area contributed by atoms with E-state index in [1.165, 1.54) is 0 Å². The zero-order valence-corrected chi connectivity index (χ0v) is 13.1. The van der Waals surface area contributed by atoms with Crippen molar-refractivity contribution in [2.75, 3.05) is 7.11 Å². The number of ether oxygens (including phenoxy) is 2. The SMILES string of the molecule is COc1ccc(CNC(=O)[C@H](C)Oc2ccccc2C#N)cc1. The van der Waals surface area contributed by atoms with Gasteiger partial charge in [-0.25, -0.2) is 0 Å². The first-order valence-corrected chi connectivity index (χ1v) is 7.20. The van der Waals surface area contributed by atoms with Crippen molar-refractivity contribution in [1.29, 1.82) is 5.26 Å². The maximum Gasteiger partial charge on any atom is 0.261 e. The average molecular weight is 310 g/mol. The van der Waals surface area contributed by atoms with Crippen LogP contribution in [0, 0.1) is 11.3 Å². The predicted octanol–water partition coefficient (Wildman–Crippen LogP) is 2.65. The summed E-state index contributed by atoms with van der Waals surface area (Å²) in [6, 6.07) is 16.3. The minimum absolute atomic E-state index is 0.242. The van der Waals surface area contributed by atoms with Crippen LogP contribution >= 0.6 is 0 Å². The van der Waals surface area contributed by atoms with Gasteiger partial charge in [0.2, 0.25) is 0 Å². The van der Waals surface area contributed by atoms with Crippen LogP contribution in [0.15, 0.2) is 48.5 Å². The Hall–Kier alpha value is -3.00. The lowest BCUT2D eigenvalue weighted by Gasteiger charge is -2.15. The topological polar surface area (TPSA) is 71.3 Å². The van der Waals surface area contributed by atoms with Gasteiger partial charge >= 0.3 is 0 Å². The lowest BCUT2D eigenvalue weighted by Crippen LogP contribution is -2.36. The fourth-order valence-electron chi connectivity index (χ4n) is 1.98. The van der Waals surface area contributed by atoms with E-state index in [2.05, 4.69) is 5.32 Å². The molecule has 0 fully saturated rings. The highest BCUT2D eigenvalue weighted by molar-refractivity contribution is 5.80. The van der Waals surface area contributed by atoms with Gasteiger partial charge in [0.25, 0.3) is 5.91 Å². The lowest BCUT2D eigenvalue weighted by atomic mass is 10.2. The highest BCUT2D eigenvalue weighted by atomic mass is 16.5. The molecule has 0 radical (unpaired) electrons. The quantitative estimate of drug-likeness (QED) is 0.890. The summed E-state index contributed by atoms with van der Waals surface area (Å²) in [5.74, 6) is 0.931. The Kier molecular flexibility index (Phi) is 5.59. The molecule has 0 aliphatic carbocycles. The van der Waals surface area contributed by atoms with Crippen LogP contribution < -0.4 is 14.8 Å². The van der Waals surface area contributed by atoms with E-state index in [9.17, 15) is 4.79 Å². The minimum Gasteiger partial charge on any atom is -0.497 e. The van der Waals surface area contributed by atoms with E-state index < -0.39 is 6.10 Å². The van der Waals surface area contributed by atoms with Gasteiger partial charge in [-0.05, 0) is 36.8 Å². The van der Waals surface area contributed by atoms with Gasteiger partial charge in [-0.3, -0.25) is 4.79 Å². The fourth-order valence-corrected chi connectivity index (χ4v) is 1.98. The van der Waals surface area contributed by atoms with E-state index in [-0.39, 0.29) is 5.91 Å². The first kappa shape index (κ1) is 16.4. The van der Waals surface area contributed by atoms with Crippen molar-refractivity contribution in [3.8, 4) is 17.6 Å². The van der Waals surface area contributed by atoms with E-state index in [1.807, 2.05) is 30.3 Å². The van der Waals surface area contributed by atoms with Crippen LogP contribution in [0.3, 0.4) is 0 Å². The Labute approximate surface area is 135 Å². The molecule has 0 unspecified atom stereocenters. The van der Waals surface area contributed by atoms with Gasteiger partial charge in [-0.2, -0.15) is 5.26 Å². The van der Waals surface area contributed by atoms with E-state index in [4.69, 9.17) is 14.7 Å². The lowest BCUT2D eigenvalue weighted by molar-refractivity contribution is -0.127. The van der Waals surface area contributed by atoms with Crippen LogP contribution in [-0.4, -0.2) is 19.1 Å². The predicted molar refractivity (Wildman–Crippen MR) is 86.1 cm³/mol. The van der Waals surface area contributed by atoms with Crippen molar-refractivity contribution in [2.24, 2.45) is 0 Å². The summed E-state index contributed by atoms with van der Waals surface area (Å²) in [4.78, 5) is 12.1. The number of methoxy groups -OCH3 is 1. The molecule has 0 heterocycles. The number of carbonyl (C=O) groups is 1. The fraction of sp³-hybridized carbons (Fsp3) is 0.222. The molecule has 0 spiro atoms. The molecule has 2 aromatic rings. The van der Waals surface area contributed by atoms with Crippen molar-refractivity contribution in [3.63, 3.8) is 0 Å². The maximum atomic E-state index is 12.1. The van der Waals surface area contributed by atoms with Crippen molar-refractivity contribution >= 4 is 5.91 Å². The van der Waals surface area contributed by atoms with Crippen molar-refractivity contribution < 1.29 is 14.3 Å². The molecule has 2 aromatic carbocycles. The van der Waals surface area contributed by atoms with Crippen LogP contribution in [0.5, 0.6) is 11.5 Å². The molecule has 2 rings (SSSR count). The van der Waals surface area contributed by atoms with E-state index in [1.54, 1.807) is 38.3 Å². The average Bonchev–Trinajstić information content (AvgIpc) is 2.60. The largest absolute Gasteiger partial charge is 0.497 e. The van der Waals surface area contributed by atoms with Gasteiger partial charge in [0.15, 0.2) is 6.10 Å². The summed E-state index contributed by atoms with van der Waals surface area (Å²) < 4.78 is 10.7. The molecule has 0 aliphatic heterocycles. The third-order valence-electron chi connectivity index (χ3n) is 3.31. The van der Waals surface area contributed by atoms with Crippen molar-refractivity contribution in [2.45, 2.75) is 19.6 Å². The molecule has 23 heavy (non-hydrogen) atoms. The molecule has 0 aliphatic rings. The molecule has 1 amide bonds. The minimum atomic E-state index is -0.692. The molecule has 1 N–H and O–H groups in total. The number of benzene rings is 2. The summed E-state index contributed by atoms with van der Waals surface area (Å²) in [6.45, 7) is 2.05. The zero-order valence-electron chi connectivity index (χ0n) is 13.1. The standard InChI is InChI=1S/C18H18N2O3/c1-13(23-17-6-4-3-5-15(17)11-19)18(21)20-12-14-7-9-16(22-2)10-8-14/h3-10,13H,12H2,1-2H3,(H,20,21)/t13-/m0/s1. The van der Waals surface area contributed by atoms with Crippen LogP contribution in [0.4, 0.5) is 0 Å². The number of nitrogens with one attached hydrogen (secondary N) is 1. The number of rotatable bonds is 6. The first-order valence-electron chi connectivity index (χ1n) is 7.20. The summed E-state index contributed by atoms with van der Waals surface area (Å²) in [6.07, 6.45) is -0.692. The van der Waals surface area contributed by atoms with Gasteiger partial charge in [0.1, 0.15) is 17.6 Å². The smallest absolute Gasteiger partial charge is 0.261 e. The monoisotopic (exact) mass is 310 g/mol. The zero-order chi connectivity index (χ0) is 16.7. The Bertz CT molecular complexity index is 705. The van der Waals surface area contributed by atoms with E-state index >= 15 is 0 Å². The second-order valence-corrected chi connectivity index (χ2v) is 4.93. The normalized spacial score (nSPS) is 11.2. The Balaban J connectivity index is 1.91. The number of hydrogen-bond acceptors (Lipinski definition) is 4. The van der Waals surface area contributed by atoms with E-state index in [0.29, 0.717) is 17.9 Å². The summed E-state index contributed by atoms with van der Waals surface area (Å²) >= 11 is 0. The number of nitrogens with zero attached hydrogens (tertiary/aromatic N) is 1. The molecule has 0 saturated heterocycles. The molecular weight excluding hydrogens is 292 g/mol. The van der Waals surface area contributed by atoms with Gasteiger partial charge in [0.05, 0.1) is 12.7 Å². The van der Waals surface area contributed by atoms with Crippen LogP contribution in [0.2, 0.25) is 0 Å². The van der Waals surface area contributed by atoms with Gasteiger partial charge in [0, 0.05) is 6.54 Å². The number of amides is 1. The molecule has 118 valence electrons. The molecule has 0 aromatic heterocycles. The van der Waals surface area contributed by atoms with Crippen LogP contribution in [0.1, 0.15) is 18.1 Å². The maximum absolute atomic E-state index is 12.1. The molecule has 1 atom stereocenters. The van der Waals surface area contributed by atoms with Gasteiger partial charge < -0.3 is 14.8 Å². The Morgan fingerprint density at radius 1 is 1.22 bits per heavy atom.